The molecular formula is C27H30N2O4S. The molecule has 0 spiro atoms. The maximum Gasteiger partial charge on any atom is 0.264 e. The van der Waals surface area contributed by atoms with Gasteiger partial charge in [0.1, 0.15) is 12.3 Å². The second-order valence-corrected chi connectivity index (χ2v) is 10.6. The number of carbonyl (C=O) groups excluding carboxylic acids is 1. The van der Waals surface area contributed by atoms with Crippen LogP contribution >= 0.6 is 0 Å². The Morgan fingerprint density at radius 3 is 2.35 bits per heavy atom. The number of carbonyl (C=O) groups is 1. The summed E-state index contributed by atoms with van der Waals surface area (Å²) in [4.78, 5) is 13.1. The van der Waals surface area contributed by atoms with E-state index >= 15 is 0 Å². The molecule has 4 rings (SSSR count). The summed E-state index contributed by atoms with van der Waals surface area (Å²) in [6.07, 6.45) is 3.32. The highest BCUT2D eigenvalue weighted by molar-refractivity contribution is 7.92. The fourth-order valence-electron chi connectivity index (χ4n) is 4.26. The average Bonchev–Trinajstić information content (AvgIpc) is 3.31. The van der Waals surface area contributed by atoms with Crippen molar-refractivity contribution in [1.29, 1.82) is 0 Å². The molecule has 1 unspecified atom stereocenters. The van der Waals surface area contributed by atoms with Gasteiger partial charge in [0, 0.05) is 0 Å². The van der Waals surface area contributed by atoms with Crippen LogP contribution in [0, 0.1) is 6.92 Å². The van der Waals surface area contributed by atoms with E-state index < -0.39 is 10.0 Å². The van der Waals surface area contributed by atoms with Crippen LogP contribution in [-0.2, 0) is 27.7 Å². The number of ether oxygens (including phenoxy) is 1. The van der Waals surface area contributed by atoms with E-state index in [1.54, 1.807) is 24.3 Å². The van der Waals surface area contributed by atoms with E-state index in [-0.39, 0.29) is 23.4 Å². The first-order chi connectivity index (χ1) is 16.3. The predicted molar refractivity (Wildman–Crippen MR) is 134 cm³/mol. The number of anilines is 1. The third-order valence-corrected chi connectivity index (χ3v) is 8.04. The van der Waals surface area contributed by atoms with Crippen molar-refractivity contribution in [2.45, 2.75) is 44.0 Å². The van der Waals surface area contributed by atoms with E-state index in [9.17, 15) is 13.2 Å². The molecule has 1 aliphatic rings. The van der Waals surface area contributed by atoms with Gasteiger partial charge in [0.05, 0.1) is 23.7 Å². The Morgan fingerprint density at radius 1 is 1.00 bits per heavy atom. The van der Waals surface area contributed by atoms with Gasteiger partial charge in [0.15, 0.2) is 0 Å². The van der Waals surface area contributed by atoms with Crippen LogP contribution in [0.2, 0.25) is 0 Å². The molecule has 1 amide bonds. The SMILES string of the molecule is COc1ccc(S(=O)(=O)N(CC(=O)NC(C)c2ccc3c(c2)CCC3)c2ccc(C)cc2)cc1. The fourth-order valence-corrected chi connectivity index (χ4v) is 5.68. The molecular weight excluding hydrogens is 448 g/mol. The molecule has 1 aliphatic carbocycles. The highest BCUT2D eigenvalue weighted by atomic mass is 32.2. The first-order valence-electron chi connectivity index (χ1n) is 11.4. The van der Waals surface area contributed by atoms with Crippen molar-refractivity contribution in [2.75, 3.05) is 18.0 Å². The number of amides is 1. The molecule has 0 saturated carbocycles. The van der Waals surface area contributed by atoms with Gasteiger partial charge in [0.25, 0.3) is 10.0 Å². The Morgan fingerprint density at radius 2 is 1.68 bits per heavy atom. The zero-order chi connectivity index (χ0) is 24.3. The number of rotatable bonds is 8. The number of sulfonamides is 1. The molecule has 0 heterocycles. The van der Waals surface area contributed by atoms with Gasteiger partial charge in [-0.25, -0.2) is 8.42 Å². The van der Waals surface area contributed by atoms with Gasteiger partial charge < -0.3 is 10.1 Å². The van der Waals surface area contributed by atoms with Crippen molar-refractivity contribution in [1.82, 2.24) is 5.32 Å². The predicted octanol–water partition coefficient (Wildman–Crippen LogP) is 4.57. The summed E-state index contributed by atoms with van der Waals surface area (Å²) >= 11 is 0. The van der Waals surface area contributed by atoms with Crippen LogP contribution in [0.1, 0.15) is 41.6 Å². The van der Waals surface area contributed by atoms with E-state index in [2.05, 4.69) is 17.4 Å². The van der Waals surface area contributed by atoms with Gasteiger partial charge in [0.2, 0.25) is 5.91 Å². The largest absolute Gasteiger partial charge is 0.497 e. The Labute approximate surface area is 201 Å². The van der Waals surface area contributed by atoms with E-state index in [4.69, 9.17) is 4.74 Å². The third-order valence-electron chi connectivity index (χ3n) is 6.26. The number of aryl methyl sites for hydroxylation is 3. The maximum atomic E-state index is 13.5. The number of benzene rings is 3. The van der Waals surface area contributed by atoms with Crippen LogP contribution in [0.4, 0.5) is 5.69 Å². The summed E-state index contributed by atoms with van der Waals surface area (Å²) in [7, 11) is -2.46. The first-order valence-corrected chi connectivity index (χ1v) is 12.9. The quantitative estimate of drug-likeness (QED) is 0.515. The molecule has 3 aromatic carbocycles. The lowest BCUT2D eigenvalue weighted by Gasteiger charge is -2.25. The van der Waals surface area contributed by atoms with Gasteiger partial charge >= 0.3 is 0 Å². The van der Waals surface area contributed by atoms with Crippen molar-refractivity contribution in [3.8, 4) is 5.75 Å². The smallest absolute Gasteiger partial charge is 0.264 e. The van der Waals surface area contributed by atoms with Gasteiger partial charge in [-0.05, 0) is 86.2 Å². The molecule has 0 aliphatic heterocycles. The van der Waals surface area contributed by atoms with E-state index in [1.165, 1.54) is 30.4 Å². The number of hydrogen-bond donors (Lipinski definition) is 1. The van der Waals surface area contributed by atoms with Crippen molar-refractivity contribution in [3.63, 3.8) is 0 Å². The van der Waals surface area contributed by atoms with E-state index in [0.717, 1.165) is 34.7 Å². The van der Waals surface area contributed by atoms with Crippen molar-refractivity contribution in [3.05, 3.63) is 89.0 Å². The molecule has 0 bridgehead atoms. The zero-order valence-corrected chi connectivity index (χ0v) is 20.6. The lowest BCUT2D eigenvalue weighted by atomic mass is 10.0. The summed E-state index contributed by atoms with van der Waals surface area (Å²) in [5, 5.41) is 2.98. The lowest BCUT2D eigenvalue weighted by molar-refractivity contribution is -0.120. The molecule has 1 atom stereocenters. The molecule has 0 aromatic heterocycles. The molecule has 6 nitrogen and oxygen atoms in total. The van der Waals surface area contributed by atoms with Crippen molar-refractivity contribution in [2.24, 2.45) is 0 Å². The molecule has 0 fully saturated rings. The van der Waals surface area contributed by atoms with Gasteiger partial charge in [-0.15, -0.1) is 0 Å². The molecule has 7 heteroatoms. The number of methoxy groups -OCH3 is 1. The number of hydrogen-bond acceptors (Lipinski definition) is 4. The second kappa shape index (κ2) is 9.89. The summed E-state index contributed by atoms with van der Waals surface area (Å²) in [6, 6.07) is 19.3. The third kappa shape index (κ3) is 5.09. The molecule has 34 heavy (non-hydrogen) atoms. The number of nitrogens with zero attached hydrogens (tertiary/aromatic N) is 1. The maximum absolute atomic E-state index is 13.5. The molecule has 1 N–H and O–H groups in total. The van der Waals surface area contributed by atoms with Crippen LogP contribution < -0.4 is 14.4 Å². The van der Waals surface area contributed by atoms with Crippen LogP contribution in [0.3, 0.4) is 0 Å². The fraction of sp³-hybridized carbons (Fsp3) is 0.296. The van der Waals surface area contributed by atoms with E-state index in [1.807, 2.05) is 32.0 Å². The lowest BCUT2D eigenvalue weighted by Crippen LogP contribution is -2.41. The van der Waals surface area contributed by atoms with Crippen molar-refractivity contribution >= 4 is 21.6 Å². The Kier molecular flexibility index (Phi) is 6.93. The summed E-state index contributed by atoms with van der Waals surface area (Å²) in [6.45, 7) is 3.52. The van der Waals surface area contributed by atoms with Crippen molar-refractivity contribution < 1.29 is 17.9 Å². The molecule has 3 aromatic rings. The minimum atomic E-state index is -3.98. The Hall–Kier alpha value is -3.32. The van der Waals surface area contributed by atoms with Gasteiger partial charge in [-0.1, -0.05) is 35.9 Å². The normalized spacial score (nSPS) is 13.7. The average molecular weight is 479 g/mol. The number of fused-ring (bicyclic) bond motifs is 1. The monoisotopic (exact) mass is 478 g/mol. The van der Waals surface area contributed by atoms with Gasteiger partial charge in [-0.3, -0.25) is 9.10 Å². The van der Waals surface area contributed by atoms with Crippen LogP contribution in [0.5, 0.6) is 5.75 Å². The topological polar surface area (TPSA) is 75.7 Å². The Balaban J connectivity index is 1.57. The highest BCUT2D eigenvalue weighted by Gasteiger charge is 2.28. The molecule has 178 valence electrons. The van der Waals surface area contributed by atoms with Crippen LogP contribution in [0.15, 0.2) is 71.6 Å². The van der Waals surface area contributed by atoms with Gasteiger partial charge in [-0.2, -0.15) is 0 Å². The van der Waals surface area contributed by atoms with E-state index in [0.29, 0.717) is 11.4 Å². The minimum absolute atomic E-state index is 0.0911. The number of nitrogens with one attached hydrogen (secondary N) is 1. The standard InChI is InChI=1S/C27H30N2O4S/c1-19-7-11-24(12-8-19)29(34(31,32)26-15-13-25(33-3)14-16-26)18-27(30)28-20(2)22-10-9-21-5-4-6-23(21)17-22/h7-17,20H,4-6,18H2,1-3H3,(H,28,30). The second-order valence-electron chi connectivity index (χ2n) is 8.69. The highest BCUT2D eigenvalue weighted by Crippen LogP contribution is 2.27. The van der Waals surface area contributed by atoms with Crippen LogP contribution in [-0.4, -0.2) is 28.0 Å². The molecule has 0 saturated heterocycles. The summed E-state index contributed by atoms with van der Waals surface area (Å²) in [5.74, 6) is 0.187. The zero-order valence-electron chi connectivity index (χ0n) is 19.7. The summed E-state index contributed by atoms with van der Waals surface area (Å²) in [5.41, 5.74) is 5.16. The van der Waals surface area contributed by atoms with Crippen LogP contribution in [0.25, 0.3) is 0 Å². The molecule has 0 radical (unpaired) electrons. The summed E-state index contributed by atoms with van der Waals surface area (Å²) < 4.78 is 33.4. The Bertz CT molecular complexity index is 1270. The minimum Gasteiger partial charge on any atom is -0.497 e. The first kappa shape index (κ1) is 23.8.